The van der Waals surface area contributed by atoms with Crippen LogP contribution in [0.5, 0.6) is 0 Å². The van der Waals surface area contributed by atoms with Crippen molar-refractivity contribution >= 4 is 5.78 Å². The molecule has 1 aromatic rings. The summed E-state index contributed by atoms with van der Waals surface area (Å²) in [4.78, 5) is 11.7. The highest BCUT2D eigenvalue weighted by molar-refractivity contribution is 5.96. The molecule has 2 atom stereocenters. The molecule has 0 radical (unpaired) electrons. The smallest absolute Gasteiger partial charge is 0.143 e. The minimum Gasteiger partial charge on any atom is -0.299 e. The summed E-state index contributed by atoms with van der Waals surface area (Å²) < 4.78 is 0. The van der Waals surface area contributed by atoms with Crippen molar-refractivity contribution in [2.75, 3.05) is 0 Å². The maximum Gasteiger partial charge on any atom is 0.143 e. The van der Waals surface area contributed by atoms with Crippen LogP contribution in [0.4, 0.5) is 0 Å². The second-order valence-electron chi connectivity index (χ2n) is 4.20. The average Bonchev–Trinajstić information content (AvgIpc) is 2.84. The van der Waals surface area contributed by atoms with Gasteiger partial charge < -0.3 is 0 Å². The van der Waals surface area contributed by atoms with Gasteiger partial charge in [-0.05, 0) is 24.3 Å². The maximum absolute atomic E-state index is 11.7. The molecule has 2 aliphatic rings. The van der Waals surface area contributed by atoms with Gasteiger partial charge >= 0.3 is 0 Å². The molecule has 1 heteroatoms. The average molecular weight is 172 g/mol. The highest BCUT2D eigenvalue weighted by Crippen LogP contribution is 2.62. The van der Waals surface area contributed by atoms with Crippen molar-refractivity contribution in [3.63, 3.8) is 0 Å². The standard InChI is InChI=1S/C12H12O/c13-11-7-6-10-8-12(10,11)9-4-2-1-3-5-9/h1-5,10H,6-8H2/t10-,12-/m0/s1. The lowest BCUT2D eigenvalue weighted by Crippen LogP contribution is -2.16. The van der Waals surface area contributed by atoms with Gasteiger partial charge in [0.1, 0.15) is 5.78 Å². The highest BCUT2D eigenvalue weighted by atomic mass is 16.1. The van der Waals surface area contributed by atoms with Crippen LogP contribution >= 0.6 is 0 Å². The van der Waals surface area contributed by atoms with E-state index >= 15 is 0 Å². The molecule has 0 heterocycles. The van der Waals surface area contributed by atoms with E-state index in [1.54, 1.807) is 0 Å². The first-order valence-electron chi connectivity index (χ1n) is 4.93. The Balaban J connectivity index is 2.07. The summed E-state index contributed by atoms with van der Waals surface area (Å²) >= 11 is 0. The number of hydrogen-bond donors (Lipinski definition) is 0. The van der Waals surface area contributed by atoms with E-state index in [4.69, 9.17) is 0 Å². The minimum atomic E-state index is -0.0265. The van der Waals surface area contributed by atoms with Crippen molar-refractivity contribution in [2.45, 2.75) is 24.7 Å². The Bertz CT molecular complexity index is 355. The summed E-state index contributed by atoms with van der Waals surface area (Å²) in [7, 11) is 0. The van der Waals surface area contributed by atoms with Gasteiger partial charge in [0.15, 0.2) is 0 Å². The van der Waals surface area contributed by atoms with Crippen LogP contribution in [-0.4, -0.2) is 5.78 Å². The molecule has 0 aromatic heterocycles. The molecule has 2 aliphatic carbocycles. The van der Waals surface area contributed by atoms with Crippen LogP contribution in [-0.2, 0) is 10.2 Å². The third-order valence-electron chi connectivity index (χ3n) is 3.61. The fourth-order valence-corrected chi connectivity index (χ4v) is 2.80. The van der Waals surface area contributed by atoms with Crippen LogP contribution in [0.3, 0.4) is 0 Å². The van der Waals surface area contributed by atoms with Crippen LogP contribution in [0, 0.1) is 5.92 Å². The first kappa shape index (κ1) is 7.31. The largest absolute Gasteiger partial charge is 0.299 e. The SMILES string of the molecule is O=C1CC[C@H]2C[C@@]12c1ccccc1. The van der Waals surface area contributed by atoms with Gasteiger partial charge in [0, 0.05) is 6.42 Å². The normalized spacial score (nSPS) is 36.0. The minimum absolute atomic E-state index is 0.0265. The van der Waals surface area contributed by atoms with E-state index in [0.29, 0.717) is 11.7 Å². The molecule has 1 nitrogen and oxygen atoms in total. The van der Waals surface area contributed by atoms with Gasteiger partial charge in [0.05, 0.1) is 5.41 Å². The van der Waals surface area contributed by atoms with Crippen LogP contribution < -0.4 is 0 Å². The highest BCUT2D eigenvalue weighted by Gasteiger charge is 2.63. The lowest BCUT2D eigenvalue weighted by atomic mass is 9.92. The molecule has 0 amide bonds. The van der Waals surface area contributed by atoms with Crippen LogP contribution in [0.2, 0.25) is 0 Å². The Kier molecular flexibility index (Phi) is 1.25. The maximum atomic E-state index is 11.7. The number of hydrogen-bond acceptors (Lipinski definition) is 1. The Morgan fingerprint density at radius 3 is 2.54 bits per heavy atom. The molecule has 2 saturated carbocycles. The quantitative estimate of drug-likeness (QED) is 0.635. The number of rotatable bonds is 1. The predicted molar refractivity (Wildman–Crippen MR) is 50.5 cm³/mol. The van der Waals surface area contributed by atoms with E-state index in [1.165, 1.54) is 5.56 Å². The van der Waals surface area contributed by atoms with E-state index < -0.39 is 0 Å². The Labute approximate surface area is 77.8 Å². The summed E-state index contributed by atoms with van der Waals surface area (Å²) in [5.41, 5.74) is 1.23. The fourth-order valence-electron chi connectivity index (χ4n) is 2.80. The van der Waals surface area contributed by atoms with E-state index in [2.05, 4.69) is 12.1 Å². The number of carbonyl (C=O) groups excluding carboxylic acids is 1. The number of benzene rings is 1. The monoisotopic (exact) mass is 172 g/mol. The van der Waals surface area contributed by atoms with Gasteiger partial charge in [0.25, 0.3) is 0 Å². The van der Waals surface area contributed by atoms with Crippen molar-refractivity contribution in [1.29, 1.82) is 0 Å². The summed E-state index contributed by atoms with van der Waals surface area (Å²) in [5, 5.41) is 0. The van der Waals surface area contributed by atoms with E-state index in [1.807, 2.05) is 18.2 Å². The van der Waals surface area contributed by atoms with Gasteiger partial charge in [-0.25, -0.2) is 0 Å². The van der Waals surface area contributed by atoms with E-state index in [9.17, 15) is 4.79 Å². The van der Waals surface area contributed by atoms with E-state index in [0.717, 1.165) is 19.3 Å². The topological polar surface area (TPSA) is 17.1 Å². The zero-order valence-electron chi connectivity index (χ0n) is 7.49. The third kappa shape index (κ3) is 0.796. The van der Waals surface area contributed by atoms with Crippen molar-refractivity contribution in [2.24, 2.45) is 5.92 Å². The molecule has 0 bridgehead atoms. The Morgan fingerprint density at radius 2 is 2.00 bits per heavy atom. The Hall–Kier alpha value is -1.11. The van der Waals surface area contributed by atoms with Crippen molar-refractivity contribution < 1.29 is 4.79 Å². The Morgan fingerprint density at radius 1 is 1.23 bits per heavy atom. The van der Waals surface area contributed by atoms with E-state index in [-0.39, 0.29) is 5.41 Å². The molecule has 1 aromatic carbocycles. The van der Waals surface area contributed by atoms with Crippen LogP contribution in [0.25, 0.3) is 0 Å². The number of carbonyl (C=O) groups is 1. The van der Waals surface area contributed by atoms with Gasteiger partial charge in [-0.3, -0.25) is 4.79 Å². The lowest BCUT2D eigenvalue weighted by molar-refractivity contribution is -0.120. The summed E-state index contributed by atoms with van der Waals surface area (Å²) in [5.74, 6) is 1.14. The molecular formula is C12H12O. The lowest BCUT2D eigenvalue weighted by Gasteiger charge is -2.10. The summed E-state index contributed by atoms with van der Waals surface area (Å²) in [6.45, 7) is 0. The number of fused-ring (bicyclic) bond motifs is 1. The summed E-state index contributed by atoms with van der Waals surface area (Å²) in [6, 6.07) is 10.3. The first-order chi connectivity index (χ1) is 6.34. The zero-order valence-corrected chi connectivity index (χ0v) is 7.49. The fraction of sp³-hybridized carbons (Fsp3) is 0.417. The predicted octanol–water partition coefficient (Wildman–Crippen LogP) is 2.31. The van der Waals surface area contributed by atoms with Gasteiger partial charge in [0.2, 0.25) is 0 Å². The van der Waals surface area contributed by atoms with Crippen molar-refractivity contribution in [3.05, 3.63) is 35.9 Å². The zero-order chi connectivity index (χ0) is 8.89. The van der Waals surface area contributed by atoms with Crippen molar-refractivity contribution in [3.8, 4) is 0 Å². The molecule has 3 rings (SSSR count). The molecular weight excluding hydrogens is 160 g/mol. The van der Waals surface area contributed by atoms with Gasteiger partial charge in [-0.2, -0.15) is 0 Å². The number of ketones is 1. The molecule has 66 valence electrons. The molecule has 0 saturated heterocycles. The third-order valence-corrected chi connectivity index (χ3v) is 3.61. The molecule has 0 N–H and O–H groups in total. The molecule has 0 unspecified atom stereocenters. The molecule has 13 heavy (non-hydrogen) atoms. The molecule has 2 fully saturated rings. The number of Topliss-reactive ketones (excluding diaryl/α,β-unsaturated/α-hetero) is 1. The van der Waals surface area contributed by atoms with Crippen LogP contribution in [0.15, 0.2) is 30.3 Å². The van der Waals surface area contributed by atoms with Crippen LogP contribution in [0.1, 0.15) is 24.8 Å². The molecule has 0 spiro atoms. The second kappa shape index (κ2) is 2.22. The van der Waals surface area contributed by atoms with Crippen molar-refractivity contribution in [1.82, 2.24) is 0 Å². The second-order valence-corrected chi connectivity index (χ2v) is 4.20. The summed E-state index contributed by atoms with van der Waals surface area (Å²) in [6.07, 6.45) is 3.03. The van der Waals surface area contributed by atoms with Gasteiger partial charge in [-0.15, -0.1) is 0 Å². The van der Waals surface area contributed by atoms with Gasteiger partial charge in [-0.1, -0.05) is 30.3 Å². The first-order valence-corrected chi connectivity index (χ1v) is 4.93. The molecule has 0 aliphatic heterocycles.